The zero-order valence-electron chi connectivity index (χ0n) is 20.3. The summed E-state index contributed by atoms with van der Waals surface area (Å²) in [5, 5.41) is 11.9. The number of benzene rings is 2. The number of rotatable bonds is 6. The summed E-state index contributed by atoms with van der Waals surface area (Å²) in [6.07, 6.45) is 4.14. The molecule has 0 bridgehead atoms. The normalized spacial score (nSPS) is 15.4. The molecule has 1 fully saturated rings. The summed E-state index contributed by atoms with van der Waals surface area (Å²) in [5.41, 5.74) is 7.56. The van der Waals surface area contributed by atoms with Crippen LogP contribution in [0.15, 0.2) is 48.7 Å². The van der Waals surface area contributed by atoms with Gasteiger partial charge in [-0.3, -0.25) is 4.98 Å². The molecule has 34 heavy (non-hydrogen) atoms. The summed E-state index contributed by atoms with van der Waals surface area (Å²) < 4.78 is 5.25. The predicted molar refractivity (Wildman–Crippen MR) is 138 cm³/mol. The van der Waals surface area contributed by atoms with E-state index in [2.05, 4.69) is 65.1 Å². The number of H-pyrrole nitrogens is 1. The van der Waals surface area contributed by atoms with Crippen LogP contribution in [0.4, 0.5) is 0 Å². The van der Waals surface area contributed by atoms with Crippen LogP contribution < -0.4 is 0 Å². The standard InChI is InChI=1S/C29H32N4O/c1-19(2)27-25-17-21(20-10-13-33(14-11-20)15-16-34-3)7-9-26(25)32-29(27)24-8-6-22(18-30)28-23(24)5-4-12-31-28/h4-9,12,17,19-20,32H,10-11,13-16H2,1-3H3. The second kappa shape index (κ2) is 9.58. The van der Waals surface area contributed by atoms with Crippen LogP contribution in [0.1, 0.15) is 55.2 Å². The third kappa shape index (κ3) is 4.09. The topological polar surface area (TPSA) is 64.9 Å². The van der Waals surface area contributed by atoms with Crippen molar-refractivity contribution in [1.82, 2.24) is 14.9 Å². The summed E-state index contributed by atoms with van der Waals surface area (Å²) in [5.74, 6) is 0.957. The molecule has 2 aromatic carbocycles. The van der Waals surface area contributed by atoms with Crippen LogP contribution in [0, 0.1) is 11.3 Å². The summed E-state index contributed by atoms with van der Waals surface area (Å²) >= 11 is 0. The second-order valence-electron chi connectivity index (χ2n) is 9.65. The van der Waals surface area contributed by atoms with E-state index in [4.69, 9.17) is 4.74 Å². The van der Waals surface area contributed by atoms with Crippen LogP contribution in [0.2, 0.25) is 0 Å². The molecule has 1 aliphatic heterocycles. The number of piperidine rings is 1. The van der Waals surface area contributed by atoms with Crippen molar-refractivity contribution >= 4 is 21.8 Å². The Bertz CT molecular complexity index is 1360. The fourth-order valence-corrected chi connectivity index (χ4v) is 5.49. The fraction of sp³-hybridized carbons (Fsp3) is 0.379. The van der Waals surface area contributed by atoms with Gasteiger partial charge in [-0.15, -0.1) is 0 Å². The molecule has 0 atom stereocenters. The van der Waals surface area contributed by atoms with Crippen LogP contribution in [-0.4, -0.2) is 48.2 Å². The SMILES string of the molecule is COCCN1CCC(c2ccc3[nH]c(-c4ccc(C#N)c5ncccc45)c(C(C)C)c3c2)CC1. The summed E-state index contributed by atoms with van der Waals surface area (Å²) in [6.45, 7) is 8.61. The van der Waals surface area contributed by atoms with E-state index in [-0.39, 0.29) is 0 Å². The number of hydrogen-bond acceptors (Lipinski definition) is 4. The van der Waals surface area contributed by atoms with Crippen molar-refractivity contribution in [3.63, 3.8) is 0 Å². The van der Waals surface area contributed by atoms with Crippen LogP contribution in [-0.2, 0) is 4.74 Å². The molecule has 4 aromatic rings. The van der Waals surface area contributed by atoms with Crippen molar-refractivity contribution < 1.29 is 4.74 Å². The number of ether oxygens (including phenoxy) is 1. The number of aromatic nitrogens is 2. The number of methoxy groups -OCH3 is 1. The minimum Gasteiger partial charge on any atom is -0.383 e. The van der Waals surface area contributed by atoms with E-state index in [0.717, 1.165) is 48.4 Å². The number of nitrogens with one attached hydrogen (secondary N) is 1. The average molecular weight is 453 g/mol. The third-order valence-corrected chi connectivity index (χ3v) is 7.27. The van der Waals surface area contributed by atoms with E-state index in [1.807, 2.05) is 12.1 Å². The van der Waals surface area contributed by atoms with E-state index in [9.17, 15) is 5.26 Å². The van der Waals surface area contributed by atoms with Gasteiger partial charge in [0.15, 0.2) is 0 Å². The highest BCUT2D eigenvalue weighted by atomic mass is 16.5. The van der Waals surface area contributed by atoms with Gasteiger partial charge in [-0.1, -0.05) is 32.0 Å². The van der Waals surface area contributed by atoms with Gasteiger partial charge >= 0.3 is 0 Å². The van der Waals surface area contributed by atoms with Gasteiger partial charge in [-0.05, 0) is 73.2 Å². The van der Waals surface area contributed by atoms with Gasteiger partial charge in [-0.25, -0.2) is 0 Å². The molecular weight excluding hydrogens is 420 g/mol. The Morgan fingerprint density at radius 2 is 1.97 bits per heavy atom. The Kier molecular flexibility index (Phi) is 6.36. The molecule has 1 aliphatic rings. The van der Waals surface area contributed by atoms with Gasteiger partial charge in [0.2, 0.25) is 0 Å². The first-order valence-corrected chi connectivity index (χ1v) is 12.3. The highest BCUT2D eigenvalue weighted by Gasteiger charge is 2.23. The van der Waals surface area contributed by atoms with Crippen molar-refractivity contribution in [3.8, 4) is 17.3 Å². The minimum absolute atomic E-state index is 0.359. The van der Waals surface area contributed by atoms with Gasteiger partial charge in [0, 0.05) is 41.7 Å². The second-order valence-corrected chi connectivity index (χ2v) is 9.65. The molecule has 0 amide bonds. The number of aromatic amines is 1. The van der Waals surface area contributed by atoms with Crippen LogP contribution in [0.25, 0.3) is 33.1 Å². The Morgan fingerprint density at radius 1 is 1.15 bits per heavy atom. The van der Waals surface area contributed by atoms with Crippen LogP contribution in [0.5, 0.6) is 0 Å². The Hall–Kier alpha value is -3.20. The monoisotopic (exact) mass is 452 g/mol. The van der Waals surface area contributed by atoms with Gasteiger partial charge in [0.05, 0.1) is 23.4 Å². The van der Waals surface area contributed by atoms with E-state index in [1.54, 1.807) is 13.3 Å². The molecule has 1 N–H and O–H groups in total. The molecule has 1 saturated heterocycles. The number of pyridine rings is 1. The van der Waals surface area contributed by atoms with Gasteiger partial charge in [0.1, 0.15) is 6.07 Å². The Balaban J connectivity index is 1.55. The molecule has 2 aromatic heterocycles. The first-order valence-electron chi connectivity index (χ1n) is 12.3. The van der Waals surface area contributed by atoms with Gasteiger partial charge in [0.25, 0.3) is 0 Å². The lowest BCUT2D eigenvalue weighted by Gasteiger charge is -2.32. The quantitative estimate of drug-likeness (QED) is 0.378. The van der Waals surface area contributed by atoms with E-state index in [0.29, 0.717) is 17.4 Å². The lowest BCUT2D eigenvalue weighted by atomic mass is 9.87. The average Bonchev–Trinajstić information content (AvgIpc) is 3.26. The first kappa shape index (κ1) is 22.6. The van der Waals surface area contributed by atoms with Gasteiger partial charge in [-0.2, -0.15) is 5.26 Å². The van der Waals surface area contributed by atoms with Crippen molar-refractivity contribution in [3.05, 3.63) is 65.4 Å². The van der Waals surface area contributed by atoms with Crippen molar-refractivity contribution in [2.75, 3.05) is 33.4 Å². The lowest BCUT2D eigenvalue weighted by molar-refractivity contribution is 0.130. The maximum Gasteiger partial charge on any atom is 0.101 e. The molecule has 0 radical (unpaired) electrons. The summed E-state index contributed by atoms with van der Waals surface area (Å²) in [4.78, 5) is 10.7. The molecule has 5 rings (SSSR count). The molecule has 5 heteroatoms. The van der Waals surface area contributed by atoms with E-state index >= 15 is 0 Å². The maximum absolute atomic E-state index is 9.56. The van der Waals surface area contributed by atoms with Crippen LogP contribution >= 0.6 is 0 Å². The molecule has 174 valence electrons. The van der Waals surface area contributed by atoms with Gasteiger partial charge < -0.3 is 14.6 Å². The zero-order chi connectivity index (χ0) is 23.7. The molecule has 0 aliphatic carbocycles. The Labute approximate surface area is 201 Å². The minimum atomic E-state index is 0.359. The van der Waals surface area contributed by atoms with Crippen LogP contribution in [0.3, 0.4) is 0 Å². The van der Waals surface area contributed by atoms with Crippen molar-refractivity contribution in [2.24, 2.45) is 0 Å². The number of nitriles is 1. The predicted octanol–water partition coefficient (Wildman–Crippen LogP) is 6.20. The first-order chi connectivity index (χ1) is 16.6. The van der Waals surface area contributed by atoms with Crippen molar-refractivity contribution in [1.29, 1.82) is 5.26 Å². The molecule has 0 saturated carbocycles. The number of likely N-dealkylation sites (tertiary alicyclic amines) is 1. The lowest BCUT2D eigenvalue weighted by Crippen LogP contribution is -2.35. The summed E-state index contributed by atoms with van der Waals surface area (Å²) in [7, 11) is 1.77. The van der Waals surface area contributed by atoms with E-state index in [1.165, 1.54) is 34.9 Å². The maximum atomic E-state index is 9.56. The smallest absolute Gasteiger partial charge is 0.101 e. The highest BCUT2D eigenvalue weighted by molar-refractivity contribution is 6.01. The zero-order valence-corrected chi connectivity index (χ0v) is 20.3. The number of hydrogen-bond donors (Lipinski definition) is 1. The number of nitrogens with zero attached hydrogens (tertiary/aromatic N) is 3. The third-order valence-electron chi connectivity index (χ3n) is 7.27. The molecular formula is C29H32N4O. The van der Waals surface area contributed by atoms with E-state index < -0.39 is 0 Å². The Morgan fingerprint density at radius 3 is 2.71 bits per heavy atom. The number of fused-ring (bicyclic) bond motifs is 2. The highest BCUT2D eigenvalue weighted by Crippen LogP contribution is 2.40. The summed E-state index contributed by atoms with van der Waals surface area (Å²) in [6, 6.07) is 17.2. The largest absolute Gasteiger partial charge is 0.383 e. The molecule has 3 heterocycles. The fourth-order valence-electron chi connectivity index (χ4n) is 5.49. The molecule has 0 spiro atoms. The molecule has 0 unspecified atom stereocenters. The molecule has 5 nitrogen and oxygen atoms in total. The van der Waals surface area contributed by atoms with Crippen molar-refractivity contribution in [2.45, 2.75) is 38.5 Å².